The fourth-order valence-electron chi connectivity index (χ4n) is 4.92. The van der Waals surface area contributed by atoms with Crippen LogP contribution in [0.25, 0.3) is 16.9 Å². The number of para-hydroxylation sites is 3. The van der Waals surface area contributed by atoms with Crippen LogP contribution in [0.3, 0.4) is 0 Å². The molecule has 0 saturated carbocycles. The molecule has 37 heavy (non-hydrogen) atoms. The zero-order chi connectivity index (χ0) is 25.9. The van der Waals surface area contributed by atoms with Crippen molar-refractivity contribution in [1.29, 1.82) is 0 Å². The van der Waals surface area contributed by atoms with Gasteiger partial charge in [-0.3, -0.25) is 4.79 Å². The predicted molar refractivity (Wildman–Crippen MR) is 147 cm³/mol. The molecule has 0 bridgehead atoms. The monoisotopic (exact) mass is 517 g/mol. The van der Waals surface area contributed by atoms with Gasteiger partial charge in [0.1, 0.15) is 11.6 Å². The SMILES string of the molecule is CCOc1ccccc1N1CCN(C(=O)c2cc(-c3ccc(Cl)cc3)n(-c3ccccc3F)c2C)CC1. The van der Waals surface area contributed by atoms with Crippen LogP contribution in [0.1, 0.15) is 23.0 Å². The average Bonchev–Trinajstić information content (AvgIpc) is 3.26. The third-order valence-electron chi connectivity index (χ3n) is 6.78. The lowest BCUT2D eigenvalue weighted by atomic mass is 10.1. The summed E-state index contributed by atoms with van der Waals surface area (Å²) in [6, 6.07) is 23.8. The van der Waals surface area contributed by atoms with Crippen molar-refractivity contribution >= 4 is 23.2 Å². The molecular weight excluding hydrogens is 489 g/mol. The lowest BCUT2D eigenvalue weighted by Gasteiger charge is -2.36. The number of anilines is 1. The first-order valence-corrected chi connectivity index (χ1v) is 12.8. The zero-order valence-corrected chi connectivity index (χ0v) is 21.7. The summed E-state index contributed by atoms with van der Waals surface area (Å²) in [5.74, 6) is 0.452. The van der Waals surface area contributed by atoms with E-state index in [0.29, 0.717) is 54.8 Å². The van der Waals surface area contributed by atoms with E-state index in [4.69, 9.17) is 16.3 Å². The fourth-order valence-corrected chi connectivity index (χ4v) is 5.04. The summed E-state index contributed by atoms with van der Waals surface area (Å²) in [6.45, 7) is 7.01. The first kappa shape index (κ1) is 24.9. The second-order valence-corrected chi connectivity index (χ2v) is 9.44. The number of ether oxygens (including phenoxy) is 1. The van der Waals surface area contributed by atoms with E-state index in [1.807, 2.05) is 59.7 Å². The maximum atomic E-state index is 14.9. The lowest BCUT2D eigenvalue weighted by molar-refractivity contribution is 0.0746. The van der Waals surface area contributed by atoms with Crippen LogP contribution in [0.15, 0.2) is 78.9 Å². The number of hydrogen-bond donors (Lipinski definition) is 0. The summed E-state index contributed by atoms with van der Waals surface area (Å²) in [5.41, 5.74) is 4.31. The number of piperazine rings is 1. The van der Waals surface area contributed by atoms with Crippen molar-refractivity contribution in [1.82, 2.24) is 9.47 Å². The van der Waals surface area contributed by atoms with Gasteiger partial charge in [0.25, 0.3) is 5.91 Å². The van der Waals surface area contributed by atoms with Crippen LogP contribution in [0.4, 0.5) is 10.1 Å². The largest absolute Gasteiger partial charge is 0.492 e. The first-order valence-electron chi connectivity index (χ1n) is 12.5. The molecule has 0 atom stereocenters. The van der Waals surface area contributed by atoms with Crippen LogP contribution < -0.4 is 9.64 Å². The Hall–Kier alpha value is -3.77. The molecule has 0 N–H and O–H groups in total. The Balaban J connectivity index is 1.45. The predicted octanol–water partition coefficient (Wildman–Crippen LogP) is 6.61. The molecule has 0 aliphatic carbocycles. The van der Waals surface area contributed by atoms with Gasteiger partial charge in [0.05, 0.1) is 29.2 Å². The van der Waals surface area contributed by atoms with Crippen LogP contribution in [-0.4, -0.2) is 48.2 Å². The highest BCUT2D eigenvalue weighted by Gasteiger charge is 2.28. The Bertz CT molecular complexity index is 1410. The van der Waals surface area contributed by atoms with Gasteiger partial charge in [0.2, 0.25) is 0 Å². The minimum atomic E-state index is -0.350. The molecule has 4 aromatic rings. The molecule has 1 saturated heterocycles. The van der Waals surface area contributed by atoms with E-state index in [2.05, 4.69) is 11.0 Å². The molecular formula is C30H29ClFN3O2. The Morgan fingerprint density at radius 3 is 2.24 bits per heavy atom. The van der Waals surface area contributed by atoms with E-state index in [1.165, 1.54) is 6.07 Å². The van der Waals surface area contributed by atoms with Gasteiger partial charge in [-0.05, 0) is 61.9 Å². The van der Waals surface area contributed by atoms with E-state index < -0.39 is 0 Å². The third kappa shape index (κ3) is 4.94. The molecule has 190 valence electrons. The first-order chi connectivity index (χ1) is 18.0. The van der Waals surface area contributed by atoms with Crippen LogP contribution in [-0.2, 0) is 0 Å². The van der Waals surface area contributed by atoms with E-state index >= 15 is 0 Å². The number of benzene rings is 3. The zero-order valence-electron chi connectivity index (χ0n) is 21.0. The molecule has 0 unspecified atom stereocenters. The van der Waals surface area contributed by atoms with Crippen LogP contribution >= 0.6 is 11.6 Å². The molecule has 1 aromatic heterocycles. The third-order valence-corrected chi connectivity index (χ3v) is 7.04. The molecule has 0 spiro atoms. The van der Waals surface area contributed by atoms with Crippen molar-refractivity contribution in [3.05, 3.63) is 101 Å². The Morgan fingerprint density at radius 1 is 0.919 bits per heavy atom. The number of carbonyl (C=O) groups excluding carboxylic acids is 1. The van der Waals surface area contributed by atoms with Gasteiger partial charge >= 0.3 is 0 Å². The Labute approximate surface area is 221 Å². The number of nitrogens with zero attached hydrogens (tertiary/aromatic N) is 3. The minimum absolute atomic E-state index is 0.0550. The van der Waals surface area contributed by atoms with Crippen LogP contribution in [0.2, 0.25) is 5.02 Å². The summed E-state index contributed by atoms with van der Waals surface area (Å²) in [5, 5.41) is 0.615. The summed E-state index contributed by atoms with van der Waals surface area (Å²) < 4.78 is 22.5. The number of amides is 1. The number of hydrogen-bond acceptors (Lipinski definition) is 3. The maximum Gasteiger partial charge on any atom is 0.255 e. The summed E-state index contributed by atoms with van der Waals surface area (Å²) in [6.07, 6.45) is 0. The number of halogens is 2. The molecule has 3 aromatic carbocycles. The van der Waals surface area contributed by atoms with Gasteiger partial charge in [0, 0.05) is 36.9 Å². The average molecular weight is 518 g/mol. The Morgan fingerprint density at radius 2 is 1.57 bits per heavy atom. The van der Waals surface area contributed by atoms with Gasteiger partial charge in [-0.2, -0.15) is 0 Å². The fraction of sp³-hybridized carbons (Fsp3) is 0.233. The molecule has 5 nitrogen and oxygen atoms in total. The van der Waals surface area contributed by atoms with Crippen molar-refractivity contribution in [2.45, 2.75) is 13.8 Å². The smallest absolute Gasteiger partial charge is 0.255 e. The summed E-state index contributed by atoms with van der Waals surface area (Å²) in [7, 11) is 0. The quantitative estimate of drug-likeness (QED) is 0.289. The molecule has 1 aliphatic rings. The molecule has 1 aliphatic heterocycles. The van der Waals surface area contributed by atoms with Crippen LogP contribution in [0.5, 0.6) is 5.75 Å². The highest BCUT2D eigenvalue weighted by Crippen LogP contribution is 2.33. The number of carbonyl (C=O) groups is 1. The lowest BCUT2D eigenvalue weighted by Crippen LogP contribution is -2.49. The second kappa shape index (κ2) is 10.7. The Kier molecular flexibility index (Phi) is 7.19. The van der Waals surface area contributed by atoms with Gasteiger partial charge in [0.15, 0.2) is 0 Å². The van der Waals surface area contributed by atoms with Gasteiger partial charge in [-0.1, -0.05) is 48.0 Å². The van der Waals surface area contributed by atoms with Gasteiger partial charge < -0.3 is 19.1 Å². The topological polar surface area (TPSA) is 37.7 Å². The summed E-state index contributed by atoms with van der Waals surface area (Å²) in [4.78, 5) is 17.9. The van der Waals surface area contributed by atoms with Crippen molar-refractivity contribution < 1.29 is 13.9 Å². The second-order valence-electron chi connectivity index (χ2n) is 9.00. The van der Waals surface area contributed by atoms with E-state index in [-0.39, 0.29) is 11.7 Å². The highest BCUT2D eigenvalue weighted by atomic mass is 35.5. The minimum Gasteiger partial charge on any atom is -0.492 e. The van der Waals surface area contributed by atoms with Crippen molar-refractivity contribution in [2.75, 3.05) is 37.7 Å². The molecule has 2 heterocycles. The molecule has 1 amide bonds. The molecule has 5 rings (SSSR count). The van der Waals surface area contributed by atoms with Crippen LogP contribution in [0, 0.1) is 12.7 Å². The van der Waals surface area contributed by atoms with E-state index in [9.17, 15) is 9.18 Å². The van der Waals surface area contributed by atoms with E-state index in [0.717, 1.165) is 22.7 Å². The summed E-state index contributed by atoms with van der Waals surface area (Å²) >= 11 is 6.11. The molecule has 7 heteroatoms. The van der Waals surface area contributed by atoms with Gasteiger partial charge in [-0.15, -0.1) is 0 Å². The standard InChI is InChI=1S/C30H29ClFN3O2/c1-3-37-29-11-7-6-10-27(29)33-16-18-34(19-17-33)30(36)24-20-28(22-12-14-23(31)15-13-22)35(21(24)2)26-9-5-4-8-25(26)32/h4-15,20H,3,16-19H2,1-2H3. The highest BCUT2D eigenvalue weighted by molar-refractivity contribution is 6.30. The van der Waals surface area contributed by atoms with Gasteiger partial charge in [-0.25, -0.2) is 4.39 Å². The molecule has 1 fully saturated rings. The maximum absolute atomic E-state index is 14.9. The van der Waals surface area contributed by atoms with Crippen molar-refractivity contribution in [3.63, 3.8) is 0 Å². The molecule has 0 radical (unpaired) electrons. The van der Waals surface area contributed by atoms with Crippen molar-refractivity contribution in [2.24, 2.45) is 0 Å². The van der Waals surface area contributed by atoms with E-state index in [1.54, 1.807) is 30.3 Å². The number of rotatable bonds is 6. The van der Waals surface area contributed by atoms with Crippen molar-refractivity contribution in [3.8, 4) is 22.7 Å². The number of aromatic nitrogens is 1. The normalized spacial score (nSPS) is 13.6.